The minimum Gasteiger partial charge on any atom is -0.351 e. The molecule has 1 fully saturated rings. The zero-order valence-electron chi connectivity index (χ0n) is 12.8. The van der Waals surface area contributed by atoms with Gasteiger partial charge in [-0.05, 0) is 37.8 Å². The Morgan fingerprint density at radius 1 is 1.50 bits per heavy atom. The summed E-state index contributed by atoms with van der Waals surface area (Å²) < 4.78 is 14.6. The van der Waals surface area contributed by atoms with Gasteiger partial charge in [-0.25, -0.2) is 9.37 Å². The van der Waals surface area contributed by atoms with Crippen LogP contribution >= 0.6 is 0 Å². The molecule has 20 heavy (non-hydrogen) atoms. The summed E-state index contributed by atoms with van der Waals surface area (Å²) in [6.07, 6.45) is 5.07. The van der Waals surface area contributed by atoms with Crippen molar-refractivity contribution in [2.75, 3.05) is 18.0 Å². The van der Waals surface area contributed by atoms with Crippen LogP contribution in [0.4, 0.5) is 10.2 Å². The zero-order chi connectivity index (χ0) is 14.5. The quantitative estimate of drug-likeness (QED) is 0.865. The van der Waals surface area contributed by atoms with Crippen LogP contribution in [0.15, 0.2) is 12.3 Å². The van der Waals surface area contributed by atoms with Gasteiger partial charge in [0.2, 0.25) is 0 Å². The first-order valence-corrected chi connectivity index (χ1v) is 7.74. The topological polar surface area (TPSA) is 28.2 Å². The molecule has 112 valence electrons. The summed E-state index contributed by atoms with van der Waals surface area (Å²) in [5.41, 5.74) is 0.720. The highest BCUT2D eigenvalue weighted by Crippen LogP contribution is 2.28. The second-order valence-electron chi connectivity index (χ2n) is 6.03. The predicted molar refractivity (Wildman–Crippen MR) is 81.4 cm³/mol. The Morgan fingerprint density at radius 2 is 2.30 bits per heavy atom. The van der Waals surface area contributed by atoms with Crippen LogP contribution in [-0.2, 0) is 6.54 Å². The first-order valence-electron chi connectivity index (χ1n) is 7.74. The van der Waals surface area contributed by atoms with Crippen LogP contribution in [-0.4, -0.2) is 24.1 Å². The van der Waals surface area contributed by atoms with Crippen molar-refractivity contribution in [2.45, 2.75) is 52.6 Å². The van der Waals surface area contributed by atoms with E-state index in [-0.39, 0.29) is 5.82 Å². The fourth-order valence-corrected chi connectivity index (χ4v) is 2.84. The molecular formula is C16H26FN3. The van der Waals surface area contributed by atoms with Crippen LogP contribution in [0.1, 0.15) is 45.6 Å². The molecule has 1 atom stereocenters. The van der Waals surface area contributed by atoms with Crippen molar-refractivity contribution < 1.29 is 4.39 Å². The number of anilines is 1. The smallest absolute Gasteiger partial charge is 0.170 e. The fourth-order valence-electron chi connectivity index (χ4n) is 2.84. The molecule has 1 aromatic heterocycles. The number of aromatic nitrogens is 1. The molecular weight excluding hydrogens is 253 g/mol. The van der Waals surface area contributed by atoms with E-state index in [1.54, 1.807) is 12.3 Å². The Labute approximate surface area is 121 Å². The summed E-state index contributed by atoms with van der Waals surface area (Å²) in [5, 5.41) is 3.30. The van der Waals surface area contributed by atoms with Gasteiger partial charge in [0.05, 0.1) is 0 Å². The van der Waals surface area contributed by atoms with E-state index in [0.29, 0.717) is 24.3 Å². The molecule has 4 heteroatoms. The fraction of sp³-hybridized carbons (Fsp3) is 0.688. The van der Waals surface area contributed by atoms with Crippen molar-refractivity contribution in [1.29, 1.82) is 0 Å². The molecule has 0 saturated carbocycles. The van der Waals surface area contributed by atoms with Crippen molar-refractivity contribution >= 4 is 5.82 Å². The van der Waals surface area contributed by atoms with Crippen molar-refractivity contribution in [2.24, 2.45) is 5.92 Å². The number of nitrogens with zero attached hydrogens (tertiary/aromatic N) is 2. The van der Waals surface area contributed by atoms with Gasteiger partial charge >= 0.3 is 0 Å². The Morgan fingerprint density at radius 3 is 3.00 bits per heavy atom. The predicted octanol–water partition coefficient (Wildman–Crippen LogP) is 3.35. The minimum atomic E-state index is -0.149. The molecule has 0 aromatic carbocycles. The van der Waals surface area contributed by atoms with Crippen LogP contribution in [0.3, 0.4) is 0 Å². The molecule has 0 aliphatic carbocycles. The second kappa shape index (κ2) is 7.02. The lowest BCUT2D eigenvalue weighted by atomic mass is 10.1. The van der Waals surface area contributed by atoms with E-state index in [2.05, 4.69) is 36.0 Å². The summed E-state index contributed by atoms with van der Waals surface area (Å²) in [7, 11) is 0. The number of pyridine rings is 1. The summed E-state index contributed by atoms with van der Waals surface area (Å²) in [5.74, 6) is 0.963. The van der Waals surface area contributed by atoms with Crippen molar-refractivity contribution in [1.82, 2.24) is 10.3 Å². The van der Waals surface area contributed by atoms with Gasteiger partial charge in [-0.1, -0.05) is 20.8 Å². The molecule has 3 nitrogen and oxygen atoms in total. The molecule has 2 heterocycles. The van der Waals surface area contributed by atoms with Gasteiger partial charge in [0, 0.05) is 30.9 Å². The highest BCUT2D eigenvalue weighted by molar-refractivity contribution is 5.45. The van der Waals surface area contributed by atoms with Crippen LogP contribution in [0.25, 0.3) is 0 Å². The molecule has 0 bridgehead atoms. The van der Waals surface area contributed by atoms with Gasteiger partial charge in [-0.3, -0.25) is 0 Å². The third kappa shape index (κ3) is 3.48. The molecule has 0 spiro atoms. The van der Waals surface area contributed by atoms with Gasteiger partial charge in [0.25, 0.3) is 0 Å². The summed E-state index contributed by atoms with van der Waals surface area (Å²) in [4.78, 5) is 6.43. The van der Waals surface area contributed by atoms with E-state index < -0.39 is 0 Å². The molecule has 1 saturated heterocycles. The Kier molecular flexibility index (Phi) is 5.35. The highest BCUT2D eigenvalue weighted by Gasteiger charge is 2.27. The van der Waals surface area contributed by atoms with Crippen molar-refractivity contribution in [3.8, 4) is 0 Å². The maximum absolute atomic E-state index is 14.6. The van der Waals surface area contributed by atoms with E-state index >= 15 is 0 Å². The SMILES string of the molecule is CCC1CCCN1c1nccc(CNCC(C)C)c1F. The normalized spacial score (nSPS) is 19.1. The minimum absolute atomic E-state index is 0.149. The zero-order valence-corrected chi connectivity index (χ0v) is 12.8. The first kappa shape index (κ1) is 15.2. The molecule has 1 aliphatic heterocycles. The second-order valence-corrected chi connectivity index (χ2v) is 6.03. The van der Waals surface area contributed by atoms with Gasteiger partial charge in [0.15, 0.2) is 11.6 Å². The standard InChI is InChI=1S/C16H26FN3/c1-4-14-6-5-9-20(14)16-15(17)13(7-8-19-16)11-18-10-12(2)3/h7-8,12,14,18H,4-6,9-11H2,1-3H3. The van der Waals surface area contributed by atoms with Gasteiger partial charge in [-0.2, -0.15) is 0 Å². The van der Waals surface area contributed by atoms with E-state index in [1.165, 1.54) is 0 Å². The Bertz CT molecular complexity index is 434. The maximum Gasteiger partial charge on any atom is 0.170 e. The average Bonchev–Trinajstić information content (AvgIpc) is 2.88. The monoisotopic (exact) mass is 279 g/mol. The highest BCUT2D eigenvalue weighted by atomic mass is 19.1. The number of halogens is 1. The number of rotatable bonds is 6. The van der Waals surface area contributed by atoms with Gasteiger partial charge in [-0.15, -0.1) is 0 Å². The van der Waals surface area contributed by atoms with Crippen LogP contribution < -0.4 is 10.2 Å². The van der Waals surface area contributed by atoms with Crippen LogP contribution in [0, 0.1) is 11.7 Å². The van der Waals surface area contributed by atoms with Crippen molar-refractivity contribution in [3.63, 3.8) is 0 Å². The number of nitrogens with one attached hydrogen (secondary N) is 1. The Hall–Kier alpha value is -1.16. The first-order chi connectivity index (χ1) is 9.63. The lowest BCUT2D eigenvalue weighted by molar-refractivity contribution is 0.529. The average molecular weight is 279 g/mol. The molecule has 1 N–H and O–H groups in total. The largest absolute Gasteiger partial charge is 0.351 e. The van der Waals surface area contributed by atoms with E-state index in [9.17, 15) is 4.39 Å². The van der Waals surface area contributed by atoms with Crippen LogP contribution in [0.5, 0.6) is 0 Å². The molecule has 1 unspecified atom stereocenters. The number of hydrogen-bond acceptors (Lipinski definition) is 3. The lowest BCUT2D eigenvalue weighted by Gasteiger charge is -2.25. The molecule has 0 radical (unpaired) electrons. The number of hydrogen-bond donors (Lipinski definition) is 1. The Balaban J connectivity index is 2.10. The van der Waals surface area contributed by atoms with Gasteiger partial charge < -0.3 is 10.2 Å². The van der Waals surface area contributed by atoms with Crippen molar-refractivity contribution in [3.05, 3.63) is 23.6 Å². The van der Waals surface area contributed by atoms with Crippen LogP contribution in [0.2, 0.25) is 0 Å². The molecule has 1 aliphatic rings. The molecule has 0 amide bonds. The van der Waals surface area contributed by atoms with Gasteiger partial charge in [0.1, 0.15) is 0 Å². The third-order valence-corrected chi connectivity index (χ3v) is 3.94. The molecule has 2 rings (SSSR count). The lowest BCUT2D eigenvalue weighted by Crippen LogP contribution is -2.30. The summed E-state index contributed by atoms with van der Waals surface area (Å²) >= 11 is 0. The van der Waals surface area contributed by atoms with E-state index in [4.69, 9.17) is 0 Å². The summed E-state index contributed by atoms with van der Waals surface area (Å²) in [6.45, 7) is 8.86. The summed E-state index contributed by atoms with van der Waals surface area (Å²) in [6, 6.07) is 2.22. The molecule has 1 aromatic rings. The van der Waals surface area contributed by atoms with E-state index in [0.717, 1.165) is 37.9 Å². The maximum atomic E-state index is 14.6. The third-order valence-electron chi connectivity index (χ3n) is 3.94. The van der Waals surface area contributed by atoms with E-state index in [1.807, 2.05) is 0 Å².